The average molecular weight is 600 g/mol. The van der Waals surface area contributed by atoms with Gasteiger partial charge in [-0.25, -0.2) is 4.79 Å². The number of thioether (sulfide) groups is 1. The molecular weight excluding hydrogens is 574 g/mol. The van der Waals surface area contributed by atoms with Crippen LogP contribution < -0.4 is 16.0 Å². The number of hydrogen-bond acceptors (Lipinski definition) is 5. The third kappa shape index (κ3) is 8.57. The van der Waals surface area contributed by atoms with Crippen LogP contribution in [0, 0.1) is 0 Å². The van der Waals surface area contributed by atoms with Crippen LogP contribution in [0.4, 0.5) is 11.4 Å². The first-order valence-corrected chi connectivity index (χ1v) is 14.0. The Kier molecular flexibility index (Phi) is 10.1. The molecule has 0 spiro atoms. The Hall–Kier alpha value is -4.86. The van der Waals surface area contributed by atoms with E-state index in [2.05, 4.69) is 16.0 Å². The molecule has 0 saturated carbocycles. The maximum Gasteiger partial charge on any atom is 0.335 e. The van der Waals surface area contributed by atoms with Crippen molar-refractivity contribution in [2.75, 3.05) is 10.6 Å². The summed E-state index contributed by atoms with van der Waals surface area (Å²) in [5.74, 6) is -2.25. The number of halogens is 1. The number of nitrogens with one attached hydrogen (secondary N) is 3. The van der Waals surface area contributed by atoms with Gasteiger partial charge in [0.25, 0.3) is 11.8 Å². The van der Waals surface area contributed by atoms with Crippen LogP contribution >= 0.6 is 23.4 Å². The predicted molar refractivity (Wildman–Crippen MR) is 166 cm³/mol. The van der Waals surface area contributed by atoms with E-state index in [4.69, 9.17) is 16.7 Å². The average Bonchev–Trinajstić information content (AvgIpc) is 2.98. The number of anilines is 2. The molecule has 0 aliphatic carbocycles. The Morgan fingerprint density at radius 1 is 0.786 bits per heavy atom. The van der Waals surface area contributed by atoms with Crippen LogP contribution in [0.15, 0.2) is 114 Å². The van der Waals surface area contributed by atoms with Gasteiger partial charge >= 0.3 is 5.97 Å². The summed E-state index contributed by atoms with van der Waals surface area (Å²) in [7, 11) is 0. The van der Waals surface area contributed by atoms with E-state index in [0.717, 1.165) is 4.90 Å². The zero-order valence-corrected chi connectivity index (χ0v) is 23.9. The van der Waals surface area contributed by atoms with Gasteiger partial charge in [0.2, 0.25) is 5.91 Å². The van der Waals surface area contributed by atoms with Crippen molar-refractivity contribution in [3.63, 3.8) is 0 Å². The third-order valence-corrected chi connectivity index (χ3v) is 7.23. The van der Waals surface area contributed by atoms with Gasteiger partial charge < -0.3 is 21.1 Å². The molecule has 0 bridgehead atoms. The fraction of sp³-hybridized carbons (Fsp3) is 0.0625. The lowest BCUT2D eigenvalue weighted by Crippen LogP contribution is -2.30. The van der Waals surface area contributed by atoms with Crippen LogP contribution in [0.3, 0.4) is 0 Å². The molecule has 0 aliphatic heterocycles. The summed E-state index contributed by atoms with van der Waals surface area (Å²) in [6.07, 6.45) is 1.54. The van der Waals surface area contributed by atoms with E-state index in [1.807, 2.05) is 0 Å². The highest BCUT2D eigenvalue weighted by atomic mass is 35.5. The van der Waals surface area contributed by atoms with Gasteiger partial charge in [-0.05, 0) is 91.4 Å². The van der Waals surface area contributed by atoms with E-state index >= 15 is 0 Å². The minimum absolute atomic E-state index is 0.0336. The van der Waals surface area contributed by atoms with Gasteiger partial charge in [-0.1, -0.05) is 41.9 Å². The van der Waals surface area contributed by atoms with Crippen LogP contribution in [0.2, 0.25) is 5.02 Å². The molecule has 1 atom stereocenters. The normalized spacial score (nSPS) is 11.7. The summed E-state index contributed by atoms with van der Waals surface area (Å²) >= 11 is 7.42. The monoisotopic (exact) mass is 599 g/mol. The van der Waals surface area contributed by atoms with Gasteiger partial charge in [-0.3, -0.25) is 14.4 Å². The van der Waals surface area contributed by atoms with Gasteiger partial charge in [0.15, 0.2) is 0 Å². The molecule has 1 unspecified atom stereocenters. The molecule has 4 rings (SSSR count). The lowest BCUT2D eigenvalue weighted by atomic mass is 10.1. The fourth-order valence-electron chi connectivity index (χ4n) is 3.72. The minimum Gasteiger partial charge on any atom is -0.478 e. The van der Waals surface area contributed by atoms with Crippen LogP contribution in [0.1, 0.15) is 33.2 Å². The molecule has 4 N–H and O–H groups in total. The molecular formula is C32H26ClN3O5S. The van der Waals surface area contributed by atoms with Gasteiger partial charge in [-0.2, -0.15) is 0 Å². The lowest BCUT2D eigenvalue weighted by Gasteiger charge is -2.14. The molecule has 0 aliphatic rings. The van der Waals surface area contributed by atoms with E-state index in [0.29, 0.717) is 27.5 Å². The Balaban J connectivity index is 1.41. The fourth-order valence-corrected chi connectivity index (χ4v) is 4.78. The number of benzene rings is 4. The number of carboxylic acid groups (broad SMARTS) is 1. The van der Waals surface area contributed by atoms with Crippen molar-refractivity contribution in [2.45, 2.75) is 17.1 Å². The molecule has 0 aromatic heterocycles. The maximum atomic E-state index is 13.2. The van der Waals surface area contributed by atoms with Gasteiger partial charge in [0.05, 0.1) is 10.8 Å². The summed E-state index contributed by atoms with van der Waals surface area (Å²) in [6.45, 7) is 1.75. The van der Waals surface area contributed by atoms with Crippen molar-refractivity contribution in [1.82, 2.24) is 5.32 Å². The summed E-state index contributed by atoms with van der Waals surface area (Å²) in [5.41, 5.74) is 2.19. The summed E-state index contributed by atoms with van der Waals surface area (Å²) in [6, 6.07) is 28.3. The Morgan fingerprint density at radius 2 is 1.43 bits per heavy atom. The van der Waals surface area contributed by atoms with Crippen molar-refractivity contribution < 1.29 is 24.3 Å². The first kappa shape index (κ1) is 30.1. The zero-order valence-electron chi connectivity index (χ0n) is 22.3. The standard InChI is InChI=1S/C32H26ClN3O5S/c1-20(29(37)34-25-12-10-23(11-13-25)32(40)41)42-27-16-14-26(15-17-27)35-31(39)28(19-21-6-5-9-24(33)18-21)36-30(38)22-7-3-2-4-8-22/h2-20H,1H3,(H,34,37)(H,35,39)(H,36,38)(H,40,41)/b28-19-. The van der Waals surface area contributed by atoms with E-state index in [1.54, 1.807) is 91.9 Å². The Morgan fingerprint density at radius 3 is 2.07 bits per heavy atom. The molecule has 10 heteroatoms. The minimum atomic E-state index is -1.04. The molecule has 42 heavy (non-hydrogen) atoms. The van der Waals surface area contributed by atoms with Gasteiger partial charge in [0.1, 0.15) is 5.70 Å². The molecule has 4 aromatic carbocycles. The largest absolute Gasteiger partial charge is 0.478 e. The second kappa shape index (κ2) is 14.2. The molecule has 0 saturated heterocycles. The summed E-state index contributed by atoms with van der Waals surface area (Å²) in [5, 5.41) is 17.3. The topological polar surface area (TPSA) is 125 Å². The SMILES string of the molecule is CC(Sc1ccc(NC(=O)/C(=C/c2cccc(Cl)c2)NC(=O)c2ccccc2)cc1)C(=O)Nc1ccc(C(=O)O)cc1. The highest BCUT2D eigenvalue weighted by Crippen LogP contribution is 2.26. The first-order chi connectivity index (χ1) is 20.2. The van der Waals surface area contributed by atoms with E-state index in [9.17, 15) is 19.2 Å². The second-order valence-corrected chi connectivity index (χ2v) is 10.9. The van der Waals surface area contributed by atoms with E-state index < -0.39 is 23.0 Å². The predicted octanol–water partition coefficient (Wildman–Crippen LogP) is 6.57. The number of amides is 3. The zero-order chi connectivity index (χ0) is 30.1. The highest BCUT2D eigenvalue weighted by molar-refractivity contribution is 8.00. The molecule has 0 radical (unpaired) electrons. The van der Waals surface area contributed by atoms with E-state index in [1.165, 1.54) is 36.0 Å². The van der Waals surface area contributed by atoms with Crippen molar-refractivity contribution in [3.05, 3.63) is 131 Å². The number of carbonyl (C=O) groups is 4. The Labute approximate surface area is 251 Å². The van der Waals surface area contributed by atoms with Crippen molar-refractivity contribution in [1.29, 1.82) is 0 Å². The molecule has 212 valence electrons. The number of aromatic carboxylic acids is 1. The number of rotatable bonds is 10. The van der Waals surface area contributed by atoms with Crippen LogP contribution in [-0.4, -0.2) is 34.0 Å². The van der Waals surface area contributed by atoms with Crippen molar-refractivity contribution in [2.24, 2.45) is 0 Å². The second-order valence-electron chi connectivity index (χ2n) is 9.04. The molecule has 0 fully saturated rings. The first-order valence-electron chi connectivity index (χ1n) is 12.7. The summed E-state index contributed by atoms with van der Waals surface area (Å²) in [4.78, 5) is 50.5. The smallest absolute Gasteiger partial charge is 0.335 e. The quantitative estimate of drug-likeness (QED) is 0.121. The number of carbonyl (C=O) groups excluding carboxylic acids is 3. The third-order valence-electron chi connectivity index (χ3n) is 5.88. The number of hydrogen-bond donors (Lipinski definition) is 4. The maximum absolute atomic E-state index is 13.2. The van der Waals surface area contributed by atoms with Crippen molar-refractivity contribution >= 4 is 64.5 Å². The molecule has 4 aromatic rings. The molecule has 0 heterocycles. The van der Waals surface area contributed by atoms with Crippen LogP contribution in [0.25, 0.3) is 6.08 Å². The lowest BCUT2D eigenvalue weighted by molar-refractivity contribution is -0.115. The molecule has 8 nitrogen and oxygen atoms in total. The molecule has 3 amide bonds. The van der Waals surface area contributed by atoms with Gasteiger partial charge in [0, 0.05) is 26.9 Å². The number of carboxylic acids is 1. The van der Waals surface area contributed by atoms with Crippen LogP contribution in [-0.2, 0) is 9.59 Å². The summed E-state index contributed by atoms with van der Waals surface area (Å²) < 4.78 is 0. The van der Waals surface area contributed by atoms with Gasteiger partial charge in [-0.15, -0.1) is 11.8 Å². The van der Waals surface area contributed by atoms with Crippen molar-refractivity contribution in [3.8, 4) is 0 Å². The van der Waals surface area contributed by atoms with Crippen LogP contribution in [0.5, 0.6) is 0 Å². The highest BCUT2D eigenvalue weighted by Gasteiger charge is 2.17. The van der Waals surface area contributed by atoms with E-state index in [-0.39, 0.29) is 17.2 Å². The Bertz CT molecular complexity index is 1620.